The summed E-state index contributed by atoms with van der Waals surface area (Å²) in [5.74, 6) is 0.924. The summed E-state index contributed by atoms with van der Waals surface area (Å²) in [7, 11) is 0. The molecule has 0 saturated heterocycles. The third kappa shape index (κ3) is 1.87. The molecular weight excluding hydrogens is 176 g/mol. The molecule has 2 heterocycles. The lowest BCUT2D eigenvalue weighted by Gasteiger charge is -2.28. The van der Waals surface area contributed by atoms with Crippen LogP contribution in [0.3, 0.4) is 0 Å². The van der Waals surface area contributed by atoms with E-state index in [1.165, 1.54) is 5.57 Å². The first-order chi connectivity index (χ1) is 6.77. The van der Waals surface area contributed by atoms with Gasteiger partial charge in [-0.25, -0.2) is 0 Å². The van der Waals surface area contributed by atoms with Gasteiger partial charge in [0.15, 0.2) is 5.76 Å². The maximum atomic E-state index is 5.13. The molecule has 0 amide bonds. The van der Waals surface area contributed by atoms with Gasteiger partial charge >= 0.3 is 0 Å². The maximum Gasteiger partial charge on any atom is 0.162 e. The minimum Gasteiger partial charge on any atom is -0.357 e. The van der Waals surface area contributed by atoms with Crippen LogP contribution in [-0.2, 0) is 0 Å². The zero-order valence-corrected chi connectivity index (χ0v) is 8.73. The van der Waals surface area contributed by atoms with Gasteiger partial charge in [0, 0.05) is 25.2 Å². The van der Waals surface area contributed by atoms with Crippen molar-refractivity contribution in [3.8, 4) is 0 Å². The van der Waals surface area contributed by atoms with Crippen molar-refractivity contribution in [2.45, 2.75) is 26.3 Å². The molecule has 0 N–H and O–H groups in total. The van der Waals surface area contributed by atoms with Crippen LogP contribution in [0.25, 0.3) is 5.57 Å². The second-order valence-corrected chi connectivity index (χ2v) is 3.94. The lowest BCUT2D eigenvalue weighted by atomic mass is 10.0. The van der Waals surface area contributed by atoms with E-state index in [4.69, 9.17) is 4.52 Å². The summed E-state index contributed by atoms with van der Waals surface area (Å²) in [6.45, 7) is 6.60. The van der Waals surface area contributed by atoms with Gasteiger partial charge in [-0.1, -0.05) is 11.2 Å². The first-order valence-corrected chi connectivity index (χ1v) is 5.11. The van der Waals surface area contributed by atoms with Gasteiger partial charge < -0.3 is 4.52 Å². The van der Waals surface area contributed by atoms with E-state index in [1.54, 1.807) is 6.20 Å². The normalized spacial score (nSPS) is 18.6. The Labute approximate surface area is 84.4 Å². The molecule has 0 bridgehead atoms. The monoisotopic (exact) mass is 192 g/mol. The highest BCUT2D eigenvalue weighted by Crippen LogP contribution is 2.22. The Morgan fingerprint density at radius 3 is 2.86 bits per heavy atom. The fourth-order valence-corrected chi connectivity index (χ4v) is 1.76. The molecule has 0 fully saturated rings. The number of hydrogen-bond donors (Lipinski definition) is 0. The Morgan fingerprint density at radius 1 is 1.50 bits per heavy atom. The molecule has 3 heteroatoms. The van der Waals surface area contributed by atoms with Gasteiger partial charge in [-0.15, -0.1) is 0 Å². The van der Waals surface area contributed by atoms with Gasteiger partial charge in [-0.3, -0.25) is 4.90 Å². The summed E-state index contributed by atoms with van der Waals surface area (Å²) in [6, 6.07) is 2.55. The highest BCUT2D eigenvalue weighted by Gasteiger charge is 2.16. The highest BCUT2D eigenvalue weighted by atomic mass is 16.5. The molecule has 2 rings (SSSR count). The molecule has 0 unspecified atom stereocenters. The third-order valence-electron chi connectivity index (χ3n) is 2.73. The number of hydrogen-bond acceptors (Lipinski definition) is 3. The second-order valence-electron chi connectivity index (χ2n) is 3.94. The van der Waals surface area contributed by atoms with Gasteiger partial charge in [0.1, 0.15) is 0 Å². The Balaban J connectivity index is 2.05. The molecule has 0 radical (unpaired) electrons. The van der Waals surface area contributed by atoms with Crippen LogP contribution in [0.5, 0.6) is 0 Å². The van der Waals surface area contributed by atoms with Crippen LogP contribution < -0.4 is 0 Å². The smallest absolute Gasteiger partial charge is 0.162 e. The summed E-state index contributed by atoms with van der Waals surface area (Å²) in [4.78, 5) is 2.44. The van der Waals surface area contributed by atoms with Gasteiger partial charge in [-0.2, -0.15) is 0 Å². The van der Waals surface area contributed by atoms with Crippen molar-refractivity contribution < 1.29 is 4.52 Å². The average molecular weight is 192 g/mol. The summed E-state index contributed by atoms with van der Waals surface area (Å²) < 4.78 is 5.13. The molecule has 0 saturated carbocycles. The zero-order valence-electron chi connectivity index (χ0n) is 8.73. The van der Waals surface area contributed by atoms with Gasteiger partial charge in [0.2, 0.25) is 0 Å². The molecule has 0 aliphatic carbocycles. The quantitative estimate of drug-likeness (QED) is 0.719. The van der Waals surface area contributed by atoms with Gasteiger partial charge in [0.25, 0.3) is 0 Å². The molecule has 3 nitrogen and oxygen atoms in total. The standard InChI is InChI=1S/C11H16N2O/c1-9(2)13-7-4-10(5-8-13)11-3-6-12-14-11/h3-4,6,9H,5,7-8H2,1-2H3. The molecule has 1 aliphatic heterocycles. The summed E-state index contributed by atoms with van der Waals surface area (Å²) in [6.07, 6.45) is 5.00. The Hall–Kier alpha value is -1.09. The lowest BCUT2D eigenvalue weighted by molar-refractivity contribution is 0.244. The van der Waals surface area contributed by atoms with Crippen LogP contribution >= 0.6 is 0 Å². The molecule has 0 aromatic carbocycles. The van der Waals surface area contributed by atoms with Crippen LogP contribution in [0.4, 0.5) is 0 Å². The Morgan fingerprint density at radius 2 is 2.36 bits per heavy atom. The molecule has 14 heavy (non-hydrogen) atoms. The van der Waals surface area contributed by atoms with Crippen molar-refractivity contribution in [1.29, 1.82) is 0 Å². The fourth-order valence-electron chi connectivity index (χ4n) is 1.76. The minimum absolute atomic E-state index is 0.627. The van der Waals surface area contributed by atoms with Crippen molar-refractivity contribution in [3.63, 3.8) is 0 Å². The molecule has 1 aliphatic rings. The van der Waals surface area contributed by atoms with E-state index < -0.39 is 0 Å². The number of rotatable bonds is 2. The molecule has 1 aromatic rings. The first kappa shape index (κ1) is 9.46. The zero-order chi connectivity index (χ0) is 9.97. The number of nitrogens with zero attached hydrogens (tertiary/aromatic N) is 2. The maximum absolute atomic E-state index is 5.13. The van der Waals surface area contributed by atoms with E-state index in [0.717, 1.165) is 25.3 Å². The summed E-state index contributed by atoms with van der Waals surface area (Å²) in [5, 5.41) is 3.72. The predicted molar refractivity (Wildman–Crippen MR) is 55.8 cm³/mol. The van der Waals surface area contributed by atoms with E-state index in [9.17, 15) is 0 Å². The van der Waals surface area contributed by atoms with Crippen LogP contribution in [0.2, 0.25) is 0 Å². The van der Waals surface area contributed by atoms with Crippen molar-refractivity contribution >= 4 is 5.57 Å². The lowest BCUT2D eigenvalue weighted by Crippen LogP contribution is -2.34. The van der Waals surface area contributed by atoms with E-state index in [1.807, 2.05) is 6.07 Å². The minimum atomic E-state index is 0.627. The van der Waals surface area contributed by atoms with Crippen LogP contribution in [0, 0.1) is 0 Å². The van der Waals surface area contributed by atoms with Gasteiger partial charge in [0.05, 0.1) is 6.20 Å². The topological polar surface area (TPSA) is 29.3 Å². The Bertz CT molecular complexity index is 314. The molecular formula is C11H16N2O. The molecule has 0 spiro atoms. The first-order valence-electron chi connectivity index (χ1n) is 5.11. The molecule has 1 aromatic heterocycles. The predicted octanol–water partition coefficient (Wildman–Crippen LogP) is 2.17. The van der Waals surface area contributed by atoms with E-state index in [-0.39, 0.29) is 0 Å². The van der Waals surface area contributed by atoms with Crippen molar-refractivity contribution in [3.05, 3.63) is 24.1 Å². The molecule has 76 valence electrons. The number of aromatic nitrogens is 1. The molecule has 0 atom stereocenters. The van der Waals surface area contributed by atoms with E-state index in [2.05, 4.69) is 30.0 Å². The second kappa shape index (κ2) is 3.96. The van der Waals surface area contributed by atoms with Crippen molar-refractivity contribution in [2.24, 2.45) is 0 Å². The SMILES string of the molecule is CC(C)N1CC=C(c2ccno2)CC1. The van der Waals surface area contributed by atoms with Crippen LogP contribution in [0.15, 0.2) is 22.9 Å². The van der Waals surface area contributed by atoms with Crippen LogP contribution in [-0.4, -0.2) is 29.2 Å². The van der Waals surface area contributed by atoms with Gasteiger partial charge in [-0.05, 0) is 25.8 Å². The summed E-state index contributed by atoms with van der Waals surface area (Å²) >= 11 is 0. The third-order valence-corrected chi connectivity index (χ3v) is 2.73. The average Bonchev–Trinajstić information content (AvgIpc) is 2.71. The van der Waals surface area contributed by atoms with E-state index >= 15 is 0 Å². The fraction of sp³-hybridized carbons (Fsp3) is 0.545. The highest BCUT2D eigenvalue weighted by molar-refractivity contribution is 5.61. The van der Waals surface area contributed by atoms with Crippen molar-refractivity contribution in [1.82, 2.24) is 10.1 Å². The largest absolute Gasteiger partial charge is 0.357 e. The van der Waals surface area contributed by atoms with E-state index in [0.29, 0.717) is 6.04 Å². The Kier molecular flexibility index (Phi) is 2.68. The van der Waals surface area contributed by atoms with Crippen LogP contribution in [0.1, 0.15) is 26.0 Å². The van der Waals surface area contributed by atoms with Crippen molar-refractivity contribution in [2.75, 3.05) is 13.1 Å². The summed E-state index contributed by atoms with van der Waals surface area (Å²) in [5.41, 5.74) is 1.29.